The summed E-state index contributed by atoms with van der Waals surface area (Å²) in [5, 5.41) is 26.9. The number of amides is 2. The van der Waals surface area contributed by atoms with Crippen LogP contribution in [0.2, 0.25) is 0 Å². The number of nitrogens with one attached hydrogen (secondary N) is 2. The average Bonchev–Trinajstić information content (AvgIpc) is 2.89. The molecule has 0 spiro atoms. The third-order valence-corrected chi connectivity index (χ3v) is 7.19. The van der Waals surface area contributed by atoms with Crippen molar-refractivity contribution in [2.45, 2.75) is 63.6 Å². The standard InChI is InChI=1S/C27H33N3O6/c1-16-11-12-20-22(30(16)27(34)35)14-13-21(28-19-10-6-9-18(15-19)26(33)36-2)23(20)29-25(32)24(31)17-7-4-3-5-8-17/h3-5,7-8,13-14,16,18-19,24,28,31H,6,9-12,15H2,1-2H3,(H,29,32)(H,34,35)/t16-,18+,19+,24?/m0/s1. The Hall–Kier alpha value is -3.59. The fourth-order valence-corrected chi connectivity index (χ4v) is 5.29. The Labute approximate surface area is 210 Å². The Kier molecular flexibility index (Phi) is 7.79. The molecule has 0 saturated heterocycles. The molecule has 2 aromatic rings. The molecule has 1 aliphatic heterocycles. The van der Waals surface area contributed by atoms with Gasteiger partial charge in [-0.3, -0.25) is 14.5 Å². The Morgan fingerprint density at radius 3 is 2.53 bits per heavy atom. The lowest BCUT2D eigenvalue weighted by molar-refractivity contribution is -0.146. The molecule has 4 N–H and O–H groups in total. The lowest BCUT2D eigenvalue weighted by Crippen LogP contribution is -2.41. The van der Waals surface area contributed by atoms with Crippen molar-refractivity contribution in [3.05, 3.63) is 53.6 Å². The van der Waals surface area contributed by atoms with Crippen LogP contribution in [0.25, 0.3) is 0 Å². The predicted molar refractivity (Wildman–Crippen MR) is 136 cm³/mol. The van der Waals surface area contributed by atoms with Crippen molar-refractivity contribution < 1.29 is 29.3 Å². The van der Waals surface area contributed by atoms with Crippen molar-refractivity contribution in [2.24, 2.45) is 5.92 Å². The van der Waals surface area contributed by atoms with E-state index in [1.54, 1.807) is 42.5 Å². The van der Waals surface area contributed by atoms with Crippen molar-refractivity contribution in [3.63, 3.8) is 0 Å². The highest BCUT2D eigenvalue weighted by atomic mass is 16.5. The van der Waals surface area contributed by atoms with Gasteiger partial charge in [0.15, 0.2) is 6.10 Å². The van der Waals surface area contributed by atoms with E-state index in [9.17, 15) is 24.6 Å². The molecule has 36 heavy (non-hydrogen) atoms. The molecule has 4 rings (SSSR count). The van der Waals surface area contributed by atoms with Gasteiger partial charge in [0.1, 0.15) is 0 Å². The number of carbonyl (C=O) groups excluding carboxylic acids is 2. The summed E-state index contributed by atoms with van der Waals surface area (Å²) in [7, 11) is 1.39. The van der Waals surface area contributed by atoms with E-state index in [-0.39, 0.29) is 24.0 Å². The SMILES string of the molecule is COC(=O)[C@@H]1CCC[C@@H](Nc2ccc3c(c2NC(=O)C(O)c2ccccc2)CC[C@H](C)N3C(=O)O)C1. The minimum atomic E-state index is -1.38. The summed E-state index contributed by atoms with van der Waals surface area (Å²) < 4.78 is 4.94. The van der Waals surface area contributed by atoms with Crippen molar-refractivity contribution in [1.82, 2.24) is 0 Å². The van der Waals surface area contributed by atoms with Crippen LogP contribution in [0.1, 0.15) is 56.3 Å². The minimum absolute atomic E-state index is 0.0197. The van der Waals surface area contributed by atoms with Crippen LogP contribution >= 0.6 is 0 Å². The lowest BCUT2D eigenvalue weighted by atomic mass is 9.85. The Balaban J connectivity index is 1.67. The Morgan fingerprint density at radius 1 is 1.08 bits per heavy atom. The number of carboxylic acid groups (broad SMARTS) is 1. The highest BCUT2D eigenvalue weighted by Gasteiger charge is 2.33. The number of ether oxygens (including phenoxy) is 1. The second-order valence-electron chi connectivity index (χ2n) is 9.56. The number of hydrogen-bond acceptors (Lipinski definition) is 6. The van der Waals surface area contributed by atoms with Crippen LogP contribution in [0.3, 0.4) is 0 Å². The maximum Gasteiger partial charge on any atom is 0.412 e. The van der Waals surface area contributed by atoms with Gasteiger partial charge in [0.2, 0.25) is 0 Å². The van der Waals surface area contributed by atoms with Gasteiger partial charge in [-0.2, -0.15) is 0 Å². The first-order chi connectivity index (χ1) is 17.3. The molecule has 0 bridgehead atoms. The van der Waals surface area contributed by atoms with Crippen molar-refractivity contribution in [3.8, 4) is 0 Å². The molecular weight excluding hydrogens is 462 g/mol. The summed E-state index contributed by atoms with van der Waals surface area (Å²) >= 11 is 0. The maximum atomic E-state index is 13.1. The van der Waals surface area contributed by atoms with E-state index in [2.05, 4.69) is 10.6 Å². The van der Waals surface area contributed by atoms with Crippen molar-refractivity contribution in [1.29, 1.82) is 0 Å². The number of aliphatic hydroxyl groups is 1. The molecule has 2 amide bonds. The van der Waals surface area contributed by atoms with Gasteiger partial charge in [-0.25, -0.2) is 4.79 Å². The molecule has 1 aliphatic carbocycles. The number of fused-ring (bicyclic) bond motifs is 1. The first-order valence-electron chi connectivity index (χ1n) is 12.4. The van der Waals surface area contributed by atoms with Crippen LogP contribution in [0.15, 0.2) is 42.5 Å². The van der Waals surface area contributed by atoms with Gasteiger partial charge < -0.3 is 25.6 Å². The fraction of sp³-hybridized carbons (Fsp3) is 0.444. The number of esters is 1. The molecule has 9 heteroatoms. The highest BCUT2D eigenvalue weighted by Crippen LogP contribution is 2.41. The van der Waals surface area contributed by atoms with E-state index < -0.39 is 18.1 Å². The zero-order valence-corrected chi connectivity index (χ0v) is 20.6. The molecule has 2 aliphatic rings. The summed E-state index contributed by atoms with van der Waals surface area (Å²) in [5.74, 6) is -1.02. The molecule has 4 atom stereocenters. The van der Waals surface area contributed by atoms with Gasteiger partial charge in [-0.1, -0.05) is 36.8 Å². The molecule has 0 radical (unpaired) electrons. The summed E-state index contributed by atoms with van der Waals surface area (Å²) in [6, 6.07) is 11.9. The molecule has 0 aromatic heterocycles. The Morgan fingerprint density at radius 2 is 1.83 bits per heavy atom. The largest absolute Gasteiger partial charge is 0.469 e. The third-order valence-electron chi connectivity index (χ3n) is 7.19. The molecule has 2 aromatic carbocycles. The number of anilines is 3. The number of carbonyl (C=O) groups is 3. The van der Waals surface area contributed by atoms with Crippen LogP contribution < -0.4 is 15.5 Å². The van der Waals surface area contributed by atoms with Gasteiger partial charge >= 0.3 is 12.1 Å². The highest BCUT2D eigenvalue weighted by molar-refractivity contribution is 6.01. The zero-order chi connectivity index (χ0) is 25.8. The number of aliphatic hydroxyl groups excluding tert-OH is 1. The van der Waals surface area contributed by atoms with E-state index >= 15 is 0 Å². The van der Waals surface area contributed by atoms with Crippen molar-refractivity contribution in [2.75, 3.05) is 22.6 Å². The van der Waals surface area contributed by atoms with E-state index in [1.165, 1.54) is 12.0 Å². The van der Waals surface area contributed by atoms with Crippen LogP contribution in [-0.2, 0) is 20.7 Å². The van der Waals surface area contributed by atoms with Crippen LogP contribution in [0.4, 0.5) is 21.9 Å². The number of benzene rings is 2. The number of rotatable bonds is 6. The molecule has 1 fully saturated rings. The predicted octanol–water partition coefficient (Wildman–Crippen LogP) is 4.32. The van der Waals surface area contributed by atoms with E-state index in [0.717, 1.165) is 19.3 Å². The van der Waals surface area contributed by atoms with Crippen LogP contribution in [0.5, 0.6) is 0 Å². The van der Waals surface area contributed by atoms with Crippen LogP contribution in [-0.4, -0.2) is 47.4 Å². The number of nitrogens with zero attached hydrogens (tertiary/aromatic N) is 1. The monoisotopic (exact) mass is 495 g/mol. The smallest absolute Gasteiger partial charge is 0.412 e. The normalized spacial score (nSPS) is 22.2. The second kappa shape index (κ2) is 11.0. The molecule has 1 heterocycles. The molecule has 1 unspecified atom stereocenters. The van der Waals surface area contributed by atoms with E-state index in [4.69, 9.17) is 4.74 Å². The van der Waals surface area contributed by atoms with Gasteiger partial charge in [0, 0.05) is 17.6 Å². The number of hydrogen-bond donors (Lipinski definition) is 4. The van der Waals surface area contributed by atoms with Gasteiger partial charge in [-0.05, 0) is 56.7 Å². The lowest BCUT2D eigenvalue weighted by Gasteiger charge is -2.36. The third kappa shape index (κ3) is 5.31. The van der Waals surface area contributed by atoms with E-state index in [1.807, 2.05) is 6.92 Å². The fourth-order valence-electron chi connectivity index (χ4n) is 5.29. The average molecular weight is 496 g/mol. The van der Waals surface area contributed by atoms with Crippen LogP contribution in [0, 0.1) is 5.92 Å². The van der Waals surface area contributed by atoms with E-state index in [0.29, 0.717) is 47.5 Å². The number of methoxy groups -OCH3 is 1. The molecule has 192 valence electrons. The molecule has 1 saturated carbocycles. The topological polar surface area (TPSA) is 128 Å². The van der Waals surface area contributed by atoms with Gasteiger partial charge in [0.25, 0.3) is 5.91 Å². The summed E-state index contributed by atoms with van der Waals surface area (Å²) in [4.78, 5) is 38.6. The summed E-state index contributed by atoms with van der Waals surface area (Å²) in [6.45, 7) is 1.86. The summed E-state index contributed by atoms with van der Waals surface area (Å²) in [6.07, 6.45) is 1.81. The van der Waals surface area contributed by atoms with Crippen molar-refractivity contribution >= 4 is 35.0 Å². The second-order valence-corrected chi connectivity index (χ2v) is 9.56. The maximum absolute atomic E-state index is 13.1. The first-order valence-corrected chi connectivity index (χ1v) is 12.4. The Bertz CT molecular complexity index is 1120. The van der Waals surface area contributed by atoms with Gasteiger partial charge in [0.05, 0.1) is 30.1 Å². The first kappa shape index (κ1) is 25.5. The van der Waals surface area contributed by atoms with Gasteiger partial charge in [-0.15, -0.1) is 0 Å². The molecular formula is C27H33N3O6. The summed E-state index contributed by atoms with van der Waals surface area (Å²) in [5.41, 5.74) is 2.79. The minimum Gasteiger partial charge on any atom is -0.469 e. The zero-order valence-electron chi connectivity index (χ0n) is 20.6. The molecule has 9 nitrogen and oxygen atoms in total. The quantitative estimate of drug-likeness (QED) is 0.439.